The van der Waals surface area contributed by atoms with Gasteiger partial charge in [-0.2, -0.15) is 5.01 Å². The molecule has 1 heterocycles. The molecule has 9 nitrogen and oxygen atoms in total. The normalized spacial score (nSPS) is 21.9. The summed E-state index contributed by atoms with van der Waals surface area (Å²) >= 11 is 12.0. The van der Waals surface area contributed by atoms with Crippen LogP contribution in [0.4, 0.5) is 5.69 Å². The number of hydrazine groups is 1. The second kappa shape index (κ2) is 11.0. The third-order valence-electron chi connectivity index (χ3n) is 7.02. The number of non-ortho nitro benzene ring substituents is 1. The molecule has 0 radical (unpaired) electrons. The average Bonchev–Trinajstić information content (AvgIpc) is 3.12. The van der Waals surface area contributed by atoms with Gasteiger partial charge in [0.15, 0.2) is 5.78 Å². The number of ketones is 1. The first-order valence-corrected chi connectivity index (χ1v) is 12.9. The maximum absolute atomic E-state index is 13.9. The number of Topliss-reactive ketones (excluding diaryl/α,β-unsaturated/α-hetero) is 1. The van der Waals surface area contributed by atoms with Crippen LogP contribution in [0.1, 0.15) is 53.3 Å². The fraction of sp³-hybridized carbons (Fsp3) is 0.385. The lowest BCUT2D eigenvalue weighted by Gasteiger charge is -2.36. The molecule has 1 aliphatic carbocycles. The van der Waals surface area contributed by atoms with Crippen LogP contribution in [0.25, 0.3) is 0 Å². The van der Waals surface area contributed by atoms with Crippen LogP contribution in [0.5, 0.6) is 0 Å². The minimum atomic E-state index is -1.27. The zero-order chi connectivity index (χ0) is 26.9. The van der Waals surface area contributed by atoms with Gasteiger partial charge in [-0.3, -0.25) is 29.3 Å². The van der Waals surface area contributed by atoms with E-state index < -0.39 is 46.3 Å². The number of nitro groups is 1. The van der Waals surface area contributed by atoms with Crippen molar-refractivity contribution in [1.82, 2.24) is 10.0 Å². The standard InChI is InChI=1S/C26H25Cl2N3O6/c1-15-2-11-20-21(14-15)26(35)30(25(20)34)29(24(33)17-5-9-19(10-6-17)31(36)37)22(12-13-27)23(32)16-3-7-18(28)8-4-16/h3-10,15,20-22H,2,11-14H2,1H3/t15-,20+,21+,22-/m1/s1. The number of carbonyl (C=O) groups excluding carboxylic acids is 4. The second-order valence-corrected chi connectivity index (χ2v) is 10.3. The SMILES string of the molecule is C[C@@H]1CC[C@@H]2C(=O)N(N(C(=O)c3ccc([N+](=O)[O-])cc3)[C@H](CCCl)C(=O)c3ccc(Cl)cc3)C(=O)[C@H]2C1. The highest BCUT2D eigenvalue weighted by atomic mass is 35.5. The number of amides is 3. The molecule has 2 aromatic carbocycles. The van der Waals surface area contributed by atoms with Gasteiger partial charge in [-0.25, -0.2) is 5.01 Å². The van der Waals surface area contributed by atoms with Gasteiger partial charge in [-0.1, -0.05) is 18.5 Å². The lowest BCUT2D eigenvalue weighted by atomic mass is 9.76. The van der Waals surface area contributed by atoms with Gasteiger partial charge in [0.05, 0.1) is 16.8 Å². The molecule has 11 heteroatoms. The number of hydrogen-bond acceptors (Lipinski definition) is 6. The Balaban J connectivity index is 1.80. The Hall–Kier alpha value is -3.30. The largest absolute Gasteiger partial charge is 0.292 e. The molecule has 0 unspecified atom stereocenters. The maximum Gasteiger partial charge on any atom is 0.273 e. The molecule has 194 valence electrons. The summed E-state index contributed by atoms with van der Waals surface area (Å²) in [5.41, 5.74) is -0.0185. The summed E-state index contributed by atoms with van der Waals surface area (Å²) < 4.78 is 0. The number of halogens is 2. The van der Waals surface area contributed by atoms with E-state index in [9.17, 15) is 29.3 Å². The number of carbonyl (C=O) groups is 4. The fourth-order valence-corrected chi connectivity index (χ4v) is 5.42. The van der Waals surface area contributed by atoms with Crippen molar-refractivity contribution in [3.05, 3.63) is 74.8 Å². The van der Waals surface area contributed by atoms with Crippen molar-refractivity contribution in [3.8, 4) is 0 Å². The molecule has 2 aliphatic rings. The highest BCUT2D eigenvalue weighted by Gasteiger charge is 2.54. The van der Waals surface area contributed by atoms with Crippen LogP contribution >= 0.6 is 23.2 Å². The van der Waals surface area contributed by atoms with Gasteiger partial charge in [0.2, 0.25) is 0 Å². The Morgan fingerprint density at radius 2 is 1.62 bits per heavy atom. The summed E-state index contributed by atoms with van der Waals surface area (Å²) in [5.74, 6) is -3.32. The highest BCUT2D eigenvalue weighted by Crippen LogP contribution is 2.42. The van der Waals surface area contributed by atoms with E-state index in [1.165, 1.54) is 36.4 Å². The first-order valence-electron chi connectivity index (χ1n) is 12.0. The van der Waals surface area contributed by atoms with Crippen molar-refractivity contribution < 1.29 is 24.1 Å². The Morgan fingerprint density at radius 1 is 1.03 bits per heavy atom. The molecule has 4 rings (SSSR count). The van der Waals surface area contributed by atoms with E-state index in [2.05, 4.69) is 0 Å². The zero-order valence-corrected chi connectivity index (χ0v) is 21.5. The molecule has 37 heavy (non-hydrogen) atoms. The maximum atomic E-state index is 13.9. The first-order chi connectivity index (χ1) is 17.6. The molecule has 1 saturated carbocycles. The summed E-state index contributed by atoms with van der Waals surface area (Å²) in [7, 11) is 0. The van der Waals surface area contributed by atoms with Gasteiger partial charge < -0.3 is 0 Å². The van der Waals surface area contributed by atoms with Crippen LogP contribution in [0.2, 0.25) is 5.02 Å². The number of nitrogens with zero attached hydrogens (tertiary/aromatic N) is 3. The number of nitro benzene ring substituents is 1. The Bertz CT molecular complexity index is 1230. The number of alkyl halides is 1. The molecular weight excluding hydrogens is 521 g/mol. The van der Waals surface area contributed by atoms with Crippen molar-refractivity contribution in [1.29, 1.82) is 0 Å². The van der Waals surface area contributed by atoms with E-state index in [-0.39, 0.29) is 35.0 Å². The minimum absolute atomic E-state index is 0.0158. The zero-order valence-electron chi connectivity index (χ0n) is 20.0. The topological polar surface area (TPSA) is 118 Å². The molecule has 1 saturated heterocycles. The van der Waals surface area contributed by atoms with Crippen LogP contribution < -0.4 is 0 Å². The molecule has 3 amide bonds. The summed E-state index contributed by atoms with van der Waals surface area (Å²) in [6.07, 6.45) is 1.76. The molecule has 2 aromatic rings. The molecule has 0 bridgehead atoms. The van der Waals surface area contributed by atoms with E-state index >= 15 is 0 Å². The molecule has 4 atom stereocenters. The van der Waals surface area contributed by atoms with Gasteiger partial charge >= 0.3 is 0 Å². The Kier molecular flexibility index (Phi) is 7.94. The number of fused-ring (bicyclic) bond motifs is 1. The van der Waals surface area contributed by atoms with Crippen LogP contribution in [0.3, 0.4) is 0 Å². The number of rotatable bonds is 8. The lowest BCUT2D eigenvalue weighted by molar-refractivity contribution is -0.384. The highest BCUT2D eigenvalue weighted by molar-refractivity contribution is 6.30. The van der Waals surface area contributed by atoms with E-state index in [0.717, 1.165) is 28.6 Å². The van der Waals surface area contributed by atoms with Crippen LogP contribution in [0, 0.1) is 27.9 Å². The average molecular weight is 546 g/mol. The van der Waals surface area contributed by atoms with E-state index in [1.807, 2.05) is 6.92 Å². The Labute approximate surface area is 223 Å². The van der Waals surface area contributed by atoms with Crippen molar-refractivity contribution in [2.24, 2.45) is 17.8 Å². The van der Waals surface area contributed by atoms with E-state index in [1.54, 1.807) is 0 Å². The quantitative estimate of drug-likeness (QED) is 0.153. The fourth-order valence-electron chi connectivity index (χ4n) is 5.09. The predicted octanol–water partition coefficient (Wildman–Crippen LogP) is 4.91. The molecular formula is C26H25Cl2N3O6. The van der Waals surface area contributed by atoms with Crippen molar-refractivity contribution in [2.75, 3.05) is 5.88 Å². The monoisotopic (exact) mass is 545 g/mol. The van der Waals surface area contributed by atoms with Crippen LogP contribution in [-0.2, 0) is 9.59 Å². The number of hydrogen-bond donors (Lipinski definition) is 0. The summed E-state index contributed by atoms with van der Waals surface area (Å²) in [5, 5.41) is 13.2. The van der Waals surface area contributed by atoms with E-state index in [4.69, 9.17) is 23.2 Å². The second-order valence-electron chi connectivity index (χ2n) is 9.44. The summed E-state index contributed by atoms with van der Waals surface area (Å²) in [4.78, 5) is 65.2. The molecule has 1 aliphatic heterocycles. The molecule has 0 aromatic heterocycles. The van der Waals surface area contributed by atoms with Crippen molar-refractivity contribution >= 4 is 52.4 Å². The predicted molar refractivity (Wildman–Crippen MR) is 136 cm³/mol. The van der Waals surface area contributed by atoms with Gasteiger partial charge in [-0.15, -0.1) is 11.6 Å². The number of imide groups is 1. The minimum Gasteiger partial charge on any atom is -0.292 e. The Morgan fingerprint density at radius 3 is 2.22 bits per heavy atom. The van der Waals surface area contributed by atoms with Gasteiger partial charge in [0, 0.05) is 34.2 Å². The lowest BCUT2D eigenvalue weighted by Crippen LogP contribution is -2.57. The third-order valence-corrected chi connectivity index (χ3v) is 7.49. The number of benzene rings is 2. The first kappa shape index (κ1) is 26.8. The van der Waals surface area contributed by atoms with Crippen LogP contribution in [-0.4, -0.2) is 50.4 Å². The van der Waals surface area contributed by atoms with Gasteiger partial charge in [0.1, 0.15) is 6.04 Å². The van der Waals surface area contributed by atoms with Crippen molar-refractivity contribution in [2.45, 2.75) is 38.6 Å². The van der Waals surface area contributed by atoms with Gasteiger partial charge in [0.25, 0.3) is 23.4 Å². The van der Waals surface area contributed by atoms with Gasteiger partial charge in [-0.05, 0) is 68.0 Å². The van der Waals surface area contributed by atoms with Crippen molar-refractivity contribution in [3.63, 3.8) is 0 Å². The van der Waals surface area contributed by atoms with Crippen LogP contribution in [0.15, 0.2) is 48.5 Å². The molecule has 2 fully saturated rings. The summed E-state index contributed by atoms with van der Waals surface area (Å²) in [6, 6.07) is 9.54. The smallest absolute Gasteiger partial charge is 0.273 e. The molecule has 0 spiro atoms. The molecule has 0 N–H and O–H groups in total. The van der Waals surface area contributed by atoms with E-state index in [0.29, 0.717) is 17.9 Å². The summed E-state index contributed by atoms with van der Waals surface area (Å²) in [6.45, 7) is 2.01. The third kappa shape index (κ3) is 5.24.